The third-order valence-corrected chi connectivity index (χ3v) is 7.56. The number of amides is 2. The average molecular weight is 607 g/mol. The average Bonchev–Trinajstić information content (AvgIpc) is 3.57. The minimum absolute atomic E-state index is 0.173. The quantitative estimate of drug-likeness (QED) is 0.399. The highest BCUT2D eigenvalue weighted by molar-refractivity contribution is 9.11. The number of alkyl halides is 2. The van der Waals surface area contributed by atoms with E-state index in [1.54, 1.807) is 6.07 Å². The number of carbonyl (C=O) groups excluding carboxylic acids is 2. The number of carbonyl (C=O) groups is 2. The van der Waals surface area contributed by atoms with Crippen molar-refractivity contribution in [2.75, 3.05) is 5.32 Å². The molecular formula is C21H14Br2Cl3N3O2. The van der Waals surface area contributed by atoms with Gasteiger partial charge >= 0.3 is 0 Å². The largest absolute Gasteiger partial charge is 0.334 e. The van der Waals surface area contributed by atoms with E-state index >= 15 is 0 Å². The number of anilines is 1. The first kappa shape index (κ1) is 22.9. The van der Waals surface area contributed by atoms with E-state index in [0.717, 1.165) is 14.5 Å². The van der Waals surface area contributed by atoms with Crippen LogP contribution < -0.4 is 10.6 Å². The predicted molar refractivity (Wildman–Crippen MR) is 128 cm³/mol. The van der Waals surface area contributed by atoms with Gasteiger partial charge in [0, 0.05) is 20.6 Å². The van der Waals surface area contributed by atoms with E-state index in [4.69, 9.17) is 34.8 Å². The Balaban J connectivity index is 1.51. The molecule has 0 bridgehead atoms. The van der Waals surface area contributed by atoms with Crippen LogP contribution in [0.2, 0.25) is 5.02 Å². The van der Waals surface area contributed by atoms with E-state index < -0.39 is 21.7 Å². The van der Waals surface area contributed by atoms with Gasteiger partial charge in [-0.3, -0.25) is 9.59 Å². The predicted octanol–water partition coefficient (Wildman–Crippen LogP) is 6.18. The second-order valence-electron chi connectivity index (χ2n) is 7.66. The molecule has 2 atom stereocenters. The number of nitrogens with zero attached hydrogens (tertiary/aromatic N) is 1. The van der Waals surface area contributed by atoms with E-state index in [1.165, 1.54) is 12.1 Å². The van der Waals surface area contributed by atoms with Gasteiger partial charge in [-0.05, 0) is 54.8 Å². The van der Waals surface area contributed by atoms with Crippen LogP contribution >= 0.6 is 66.7 Å². The third-order valence-electron chi connectivity index (χ3n) is 5.38. The zero-order chi connectivity index (χ0) is 22.6. The fraction of sp³-hybridized carbons (Fsp3) is 0.286. The van der Waals surface area contributed by atoms with Crippen LogP contribution in [0.1, 0.15) is 34.7 Å². The van der Waals surface area contributed by atoms with Gasteiger partial charge in [0.05, 0.1) is 22.6 Å². The monoisotopic (exact) mass is 603 g/mol. The highest BCUT2D eigenvalue weighted by Gasteiger charge is 2.67. The van der Waals surface area contributed by atoms with Crippen LogP contribution in [0.15, 0.2) is 45.3 Å². The van der Waals surface area contributed by atoms with Crippen LogP contribution in [0.3, 0.4) is 0 Å². The summed E-state index contributed by atoms with van der Waals surface area (Å²) in [6, 6.07) is 12.3. The summed E-state index contributed by atoms with van der Waals surface area (Å²) in [4.78, 5) is 25.5. The first-order valence-corrected chi connectivity index (χ1v) is 12.0. The first-order chi connectivity index (χ1) is 14.6. The van der Waals surface area contributed by atoms with Crippen molar-refractivity contribution in [1.29, 1.82) is 5.26 Å². The molecule has 10 heteroatoms. The molecule has 2 aliphatic rings. The molecule has 2 aromatic carbocycles. The standard InChI is InChI=1S/C21H14Br2Cl3N3O2/c22-11-5-10(6-12(23)7-11)16-17(21(16,25)26)19(31)28-13-1-2-15(24)14(8-13)18(30)29-20(9-27)3-4-20/h1-2,5-8,16-17H,3-4H2,(H,28,31)(H,29,30). The number of benzene rings is 2. The van der Waals surface area contributed by atoms with Crippen molar-refractivity contribution in [2.45, 2.75) is 28.6 Å². The summed E-state index contributed by atoms with van der Waals surface area (Å²) in [6.45, 7) is 0. The van der Waals surface area contributed by atoms with Crippen LogP contribution in [0, 0.1) is 17.2 Å². The van der Waals surface area contributed by atoms with E-state index in [1.807, 2.05) is 18.2 Å². The second kappa shape index (κ2) is 8.24. The summed E-state index contributed by atoms with van der Waals surface area (Å²) in [7, 11) is 0. The van der Waals surface area contributed by atoms with Gasteiger partial charge < -0.3 is 10.6 Å². The van der Waals surface area contributed by atoms with Crippen molar-refractivity contribution >= 4 is 84.2 Å². The Morgan fingerprint density at radius 1 is 1.10 bits per heavy atom. The Morgan fingerprint density at radius 3 is 2.32 bits per heavy atom. The van der Waals surface area contributed by atoms with Crippen molar-refractivity contribution in [3.63, 3.8) is 0 Å². The lowest BCUT2D eigenvalue weighted by molar-refractivity contribution is -0.117. The maximum absolute atomic E-state index is 12.9. The van der Waals surface area contributed by atoms with Gasteiger partial charge in [-0.15, -0.1) is 23.2 Å². The molecule has 0 radical (unpaired) electrons. The highest BCUT2D eigenvalue weighted by atomic mass is 79.9. The van der Waals surface area contributed by atoms with E-state index in [0.29, 0.717) is 18.5 Å². The molecule has 0 spiro atoms. The molecule has 0 aliphatic heterocycles. The molecule has 2 amide bonds. The first-order valence-electron chi connectivity index (χ1n) is 9.24. The summed E-state index contributed by atoms with van der Waals surface area (Å²) in [5.74, 6) is -1.88. The van der Waals surface area contributed by atoms with Crippen LogP contribution in [0.4, 0.5) is 5.69 Å². The molecule has 0 saturated heterocycles. The fourth-order valence-corrected chi connectivity index (χ4v) is 5.85. The number of hydrogen-bond acceptors (Lipinski definition) is 3. The van der Waals surface area contributed by atoms with Gasteiger partial charge in [-0.2, -0.15) is 5.26 Å². The van der Waals surface area contributed by atoms with Crippen LogP contribution in [0.5, 0.6) is 0 Å². The molecule has 2 aliphatic carbocycles. The number of nitriles is 1. The van der Waals surface area contributed by atoms with E-state index in [2.05, 4.69) is 48.6 Å². The van der Waals surface area contributed by atoms with E-state index in [-0.39, 0.29) is 22.4 Å². The van der Waals surface area contributed by atoms with Crippen molar-refractivity contribution < 1.29 is 9.59 Å². The number of rotatable bonds is 5. The molecule has 160 valence electrons. The molecule has 2 N–H and O–H groups in total. The molecular weight excluding hydrogens is 592 g/mol. The van der Waals surface area contributed by atoms with Crippen molar-refractivity contribution in [3.8, 4) is 6.07 Å². The number of halogens is 5. The Morgan fingerprint density at radius 2 is 1.74 bits per heavy atom. The zero-order valence-electron chi connectivity index (χ0n) is 15.7. The highest BCUT2D eigenvalue weighted by Crippen LogP contribution is 2.65. The van der Waals surface area contributed by atoms with Crippen molar-refractivity contribution in [2.24, 2.45) is 5.92 Å². The Bertz CT molecular complexity index is 1120. The summed E-state index contributed by atoms with van der Waals surface area (Å²) >= 11 is 25.9. The molecule has 0 heterocycles. The fourth-order valence-electron chi connectivity index (χ4n) is 3.49. The van der Waals surface area contributed by atoms with E-state index in [9.17, 15) is 14.9 Å². The molecule has 5 nitrogen and oxygen atoms in total. The summed E-state index contributed by atoms with van der Waals surface area (Å²) in [6.07, 6.45) is 1.21. The number of nitrogens with one attached hydrogen (secondary N) is 2. The molecule has 31 heavy (non-hydrogen) atoms. The lowest BCUT2D eigenvalue weighted by Gasteiger charge is -2.12. The number of hydrogen-bond donors (Lipinski definition) is 2. The minimum atomic E-state index is -1.25. The molecule has 2 saturated carbocycles. The van der Waals surface area contributed by atoms with Gasteiger partial charge in [0.1, 0.15) is 9.87 Å². The van der Waals surface area contributed by atoms with Crippen LogP contribution in [0.25, 0.3) is 0 Å². The normalized spacial score (nSPS) is 22.2. The minimum Gasteiger partial charge on any atom is -0.334 e. The van der Waals surface area contributed by atoms with Crippen LogP contribution in [-0.4, -0.2) is 21.7 Å². The van der Waals surface area contributed by atoms with Crippen molar-refractivity contribution in [3.05, 3.63) is 61.5 Å². The summed E-state index contributed by atoms with van der Waals surface area (Å²) in [5.41, 5.74) is 0.559. The molecule has 4 rings (SSSR count). The Labute approximate surface area is 210 Å². The SMILES string of the molecule is N#CC1(NC(=O)c2cc(NC(=O)C3C(c4cc(Br)cc(Br)c4)C3(Cl)Cl)ccc2Cl)CC1. The molecule has 2 unspecified atom stereocenters. The summed E-state index contributed by atoms with van der Waals surface area (Å²) in [5, 5.41) is 14.9. The third kappa shape index (κ3) is 4.60. The Kier molecular flexibility index (Phi) is 6.08. The van der Waals surface area contributed by atoms with Crippen LogP contribution in [-0.2, 0) is 4.79 Å². The smallest absolute Gasteiger partial charge is 0.254 e. The lowest BCUT2D eigenvalue weighted by Crippen LogP contribution is -2.35. The Hall–Kier alpha value is -1.30. The van der Waals surface area contributed by atoms with Gasteiger partial charge in [-0.25, -0.2) is 0 Å². The zero-order valence-corrected chi connectivity index (χ0v) is 21.1. The molecule has 0 aromatic heterocycles. The van der Waals surface area contributed by atoms with Gasteiger partial charge in [0.15, 0.2) is 0 Å². The molecule has 2 aromatic rings. The van der Waals surface area contributed by atoms with Gasteiger partial charge in [0.25, 0.3) is 5.91 Å². The lowest BCUT2D eigenvalue weighted by atomic mass is 10.1. The maximum Gasteiger partial charge on any atom is 0.254 e. The topological polar surface area (TPSA) is 82.0 Å². The van der Waals surface area contributed by atoms with Gasteiger partial charge in [0.2, 0.25) is 5.91 Å². The molecule has 2 fully saturated rings. The van der Waals surface area contributed by atoms with Crippen molar-refractivity contribution in [1.82, 2.24) is 5.32 Å². The van der Waals surface area contributed by atoms with Gasteiger partial charge in [-0.1, -0.05) is 43.5 Å². The summed E-state index contributed by atoms with van der Waals surface area (Å²) < 4.78 is 0.430. The second-order valence-corrected chi connectivity index (χ2v) is 11.3. The maximum atomic E-state index is 12.9.